The van der Waals surface area contributed by atoms with Crippen molar-refractivity contribution in [2.45, 2.75) is 0 Å². The monoisotopic (exact) mass is 276 g/mol. The van der Waals surface area contributed by atoms with Gasteiger partial charge < -0.3 is 16.2 Å². The number of nitrogens with two attached hydrogens (primary N) is 2. The standard InChI is InChI=1S/C18H16N2O/c19-14-7-4-8-16(11-14)21-18-12-15(20)9-10-17(18)13-5-2-1-3-6-13/h1-12H,19-20H2. The molecular weight excluding hydrogens is 260 g/mol. The molecule has 0 saturated heterocycles. The molecule has 104 valence electrons. The van der Waals surface area contributed by atoms with Gasteiger partial charge in [-0.1, -0.05) is 36.4 Å². The lowest BCUT2D eigenvalue weighted by Crippen LogP contribution is -1.92. The lowest BCUT2D eigenvalue weighted by atomic mass is 10.0. The maximum atomic E-state index is 5.97. The molecule has 3 nitrogen and oxygen atoms in total. The van der Waals surface area contributed by atoms with Gasteiger partial charge >= 0.3 is 0 Å². The maximum Gasteiger partial charge on any atom is 0.137 e. The average molecular weight is 276 g/mol. The molecule has 0 aliphatic carbocycles. The Balaban J connectivity index is 2.03. The van der Waals surface area contributed by atoms with Crippen LogP contribution < -0.4 is 16.2 Å². The van der Waals surface area contributed by atoms with Crippen molar-refractivity contribution in [1.29, 1.82) is 0 Å². The van der Waals surface area contributed by atoms with E-state index in [0.717, 1.165) is 11.1 Å². The average Bonchev–Trinajstić information content (AvgIpc) is 2.48. The Bertz CT molecular complexity index is 754. The molecule has 3 heteroatoms. The summed E-state index contributed by atoms with van der Waals surface area (Å²) in [5.41, 5.74) is 15.1. The first-order valence-electron chi connectivity index (χ1n) is 6.71. The van der Waals surface area contributed by atoms with E-state index < -0.39 is 0 Å². The number of benzene rings is 3. The second kappa shape index (κ2) is 5.59. The molecule has 0 unspecified atom stereocenters. The van der Waals surface area contributed by atoms with Gasteiger partial charge in [-0.25, -0.2) is 0 Å². The largest absolute Gasteiger partial charge is 0.457 e. The van der Waals surface area contributed by atoms with Crippen LogP contribution in [-0.2, 0) is 0 Å². The molecule has 0 fully saturated rings. The second-order valence-corrected chi connectivity index (χ2v) is 4.80. The van der Waals surface area contributed by atoms with Gasteiger partial charge in [-0.3, -0.25) is 0 Å². The summed E-state index contributed by atoms with van der Waals surface area (Å²) >= 11 is 0. The van der Waals surface area contributed by atoms with Crippen LogP contribution in [0.1, 0.15) is 0 Å². The number of ether oxygens (including phenoxy) is 1. The quantitative estimate of drug-likeness (QED) is 0.701. The van der Waals surface area contributed by atoms with Crippen LogP contribution >= 0.6 is 0 Å². The highest BCUT2D eigenvalue weighted by molar-refractivity contribution is 5.73. The minimum atomic E-state index is 0.661. The number of anilines is 2. The van der Waals surface area contributed by atoms with E-state index in [9.17, 15) is 0 Å². The van der Waals surface area contributed by atoms with Crippen molar-refractivity contribution >= 4 is 11.4 Å². The Kier molecular flexibility index (Phi) is 3.48. The molecule has 0 saturated carbocycles. The molecule has 4 N–H and O–H groups in total. The van der Waals surface area contributed by atoms with Crippen LogP contribution in [0.2, 0.25) is 0 Å². The van der Waals surface area contributed by atoms with Crippen LogP contribution in [0.4, 0.5) is 11.4 Å². The molecule has 3 rings (SSSR count). The molecule has 21 heavy (non-hydrogen) atoms. The number of hydrogen-bond donors (Lipinski definition) is 2. The summed E-state index contributed by atoms with van der Waals surface area (Å²) < 4.78 is 5.97. The first-order valence-corrected chi connectivity index (χ1v) is 6.71. The molecule has 0 aliphatic rings. The van der Waals surface area contributed by atoms with Crippen molar-refractivity contribution in [3.8, 4) is 22.6 Å². The van der Waals surface area contributed by atoms with Crippen molar-refractivity contribution in [2.24, 2.45) is 0 Å². The minimum absolute atomic E-state index is 0.661. The van der Waals surface area contributed by atoms with Gasteiger partial charge in [-0.2, -0.15) is 0 Å². The van der Waals surface area contributed by atoms with Gasteiger partial charge in [0.1, 0.15) is 11.5 Å². The van der Waals surface area contributed by atoms with Gasteiger partial charge in [0.25, 0.3) is 0 Å². The predicted molar refractivity (Wildman–Crippen MR) is 87.2 cm³/mol. The van der Waals surface area contributed by atoms with E-state index in [2.05, 4.69) is 0 Å². The van der Waals surface area contributed by atoms with E-state index in [4.69, 9.17) is 16.2 Å². The zero-order chi connectivity index (χ0) is 14.7. The summed E-state index contributed by atoms with van der Waals surface area (Å²) in [5, 5.41) is 0. The highest BCUT2D eigenvalue weighted by Crippen LogP contribution is 2.35. The smallest absolute Gasteiger partial charge is 0.137 e. The summed E-state index contributed by atoms with van der Waals surface area (Å²) in [7, 11) is 0. The third-order valence-corrected chi connectivity index (χ3v) is 3.18. The van der Waals surface area contributed by atoms with Crippen LogP contribution in [0.15, 0.2) is 72.8 Å². The van der Waals surface area contributed by atoms with E-state index in [-0.39, 0.29) is 0 Å². The molecule has 0 spiro atoms. The van der Waals surface area contributed by atoms with E-state index >= 15 is 0 Å². The fourth-order valence-electron chi connectivity index (χ4n) is 2.18. The molecule has 0 bridgehead atoms. The zero-order valence-electron chi connectivity index (χ0n) is 11.5. The SMILES string of the molecule is Nc1cccc(Oc2cc(N)ccc2-c2ccccc2)c1. The van der Waals surface area contributed by atoms with Gasteiger partial charge in [-0.15, -0.1) is 0 Å². The van der Waals surface area contributed by atoms with Crippen LogP contribution in [-0.4, -0.2) is 0 Å². The Morgan fingerprint density at radius 3 is 2.19 bits per heavy atom. The topological polar surface area (TPSA) is 61.3 Å². The van der Waals surface area contributed by atoms with Crippen molar-refractivity contribution in [2.75, 3.05) is 11.5 Å². The molecule has 0 atom stereocenters. The van der Waals surface area contributed by atoms with Crippen molar-refractivity contribution in [3.63, 3.8) is 0 Å². The Morgan fingerprint density at radius 2 is 1.43 bits per heavy atom. The lowest BCUT2D eigenvalue weighted by Gasteiger charge is -2.12. The van der Waals surface area contributed by atoms with E-state index in [1.54, 1.807) is 6.07 Å². The fourth-order valence-corrected chi connectivity index (χ4v) is 2.18. The van der Waals surface area contributed by atoms with Gasteiger partial charge in [0.05, 0.1) is 0 Å². The first kappa shape index (κ1) is 13.1. The second-order valence-electron chi connectivity index (χ2n) is 4.80. The highest BCUT2D eigenvalue weighted by atomic mass is 16.5. The molecule has 0 heterocycles. The molecular formula is C18H16N2O. The Hall–Kier alpha value is -2.94. The van der Waals surface area contributed by atoms with Gasteiger partial charge in [-0.05, 0) is 29.8 Å². The number of hydrogen-bond acceptors (Lipinski definition) is 3. The Labute approximate surface area is 123 Å². The number of nitrogen functional groups attached to an aromatic ring is 2. The summed E-state index contributed by atoms with van der Waals surface area (Å²) in [6.45, 7) is 0. The predicted octanol–water partition coefficient (Wildman–Crippen LogP) is 4.31. The fraction of sp³-hybridized carbons (Fsp3) is 0. The van der Waals surface area contributed by atoms with E-state index in [1.165, 1.54) is 0 Å². The zero-order valence-corrected chi connectivity index (χ0v) is 11.5. The van der Waals surface area contributed by atoms with Crippen molar-refractivity contribution < 1.29 is 4.74 Å². The number of rotatable bonds is 3. The van der Waals surface area contributed by atoms with Crippen LogP contribution in [0, 0.1) is 0 Å². The van der Waals surface area contributed by atoms with Crippen molar-refractivity contribution in [1.82, 2.24) is 0 Å². The van der Waals surface area contributed by atoms with Crippen LogP contribution in [0.25, 0.3) is 11.1 Å². The molecule has 0 radical (unpaired) electrons. The molecule has 3 aromatic rings. The highest BCUT2D eigenvalue weighted by Gasteiger charge is 2.08. The van der Waals surface area contributed by atoms with Crippen LogP contribution in [0.3, 0.4) is 0 Å². The minimum Gasteiger partial charge on any atom is -0.457 e. The van der Waals surface area contributed by atoms with Gasteiger partial charge in [0.15, 0.2) is 0 Å². The summed E-state index contributed by atoms with van der Waals surface area (Å²) in [6, 6.07) is 23.1. The van der Waals surface area contributed by atoms with Crippen LogP contribution in [0.5, 0.6) is 11.5 Å². The summed E-state index contributed by atoms with van der Waals surface area (Å²) in [6.07, 6.45) is 0. The third-order valence-electron chi connectivity index (χ3n) is 3.18. The van der Waals surface area contributed by atoms with Gasteiger partial charge in [0, 0.05) is 29.1 Å². The molecule has 3 aromatic carbocycles. The third kappa shape index (κ3) is 2.98. The van der Waals surface area contributed by atoms with E-state index in [1.807, 2.05) is 66.7 Å². The van der Waals surface area contributed by atoms with E-state index in [0.29, 0.717) is 22.9 Å². The van der Waals surface area contributed by atoms with Crippen molar-refractivity contribution in [3.05, 3.63) is 72.8 Å². The molecule has 0 aromatic heterocycles. The normalized spacial score (nSPS) is 10.3. The maximum absolute atomic E-state index is 5.97. The summed E-state index contributed by atoms with van der Waals surface area (Å²) in [4.78, 5) is 0. The lowest BCUT2D eigenvalue weighted by molar-refractivity contribution is 0.485. The molecule has 0 aliphatic heterocycles. The summed E-state index contributed by atoms with van der Waals surface area (Å²) in [5.74, 6) is 1.41. The Morgan fingerprint density at radius 1 is 0.667 bits per heavy atom. The molecule has 0 amide bonds. The first-order chi connectivity index (χ1) is 10.2. The van der Waals surface area contributed by atoms with Gasteiger partial charge in [0.2, 0.25) is 0 Å².